The highest BCUT2D eigenvalue weighted by Gasteiger charge is 2.29. The molecule has 0 unspecified atom stereocenters. The SMILES string of the molecule is CCOC(=O)N1CCN([C@H]2CCCN(C/C(C)=C/c3ccco3)C2)CC1. The van der Waals surface area contributed by atoms with Crippen molar-refractivity contribution in [2.24, 2.45) is 0 Å². The first-order valence-corrected chi connectivity index (χ1v) is 9.74. The second kappa shape index (κ2) is 9.24. The van der Waals surface area contributed by atoms with Crippen LogP contribution in [0.5, 0.6) is 0 Å². The first kappa shape index (κ1) is 19.0. The summed E-state index contributed by atoms with van der Waals surface area (Å²) in [5, 5.41) is 0. The van der Waals surface area contributed by atoms with Crippen molar-refractivity contribution in [3.05, 3.63) is 29.7 Å². The van der Waals surface area contributed by atoms with Crippen LogP contribution in [-0.2, 0) is 4.74 Å². The van der Waals surface area contributed by atoms with Gasteiger partial charge in [0.1, 0.15) is 5.76 Å². The summed E-state index contributed by atoms with van der Waals surface area (Å²) in [6, 6.07) is 4.50. The van der Waals surface area contributed by atoms with Gasteiger partial charge in [0.2, 0.25) is 0 Å². The zero-order chi connectivity index (χ0) is 18.4. The van der Waals surface area contributed by atoms with Gasteiger partial charge in [-0.25, -0.2) is 4.79 Å². The maximum atomic E-state index is 11.8. The average molecular weight is 361 g/mol. The monoisotopic (exact) mass is 361 g/mol. The fraction of sp³-hybridized carbons (Fsp3) is 0.650. The van der Waals surface area contributed by atoms with Crippen molar-refractivity contribution < 1.29 is 13.9 Å². The molecule has 2 saturated heterocycles. The minimum Gasteiger partial charge on any atom is -0.465 e. The van der Waals surface area contributed by atoms with E-state index >= 15 is 0 Å². The topological polar surface area (TPSA) is 49.2 Å². The van der Waals surface area contributed by atoms with E-state index in [1.54, 1.807) is 6.26 Å². The van der Waals surface area contributed by atoms with Gasteiger partial charge in [-0.05, 0) is 51.4 Å². The number of nitrogens with zero attached hydrogens (tertiary/aromatic N) is 3. The highest BCUT2D eigenvalue weighted by Crippen LogP contribution is 2.19. The molecule has 0 aromatic carbocycles. The second-order valence-corrected chi connectivity index (χ2v) is 7.26. The van der Waals surface area contributed by atoms with Gasteiger partial charge in [0.05, 0.1) is 12.9 Å². The van der Waals surface area contributed by atoms with Crippen LogP contribution >= 0.6 is 0 Å². The lowest BCUT2D eigenvalue weighted by molar-refractivity contribution is 0.0446. The molecule has 2 aliphatic rings. The zero-order valence-corrected chi connectivity index (χ0v) is 16.0. The third kappa shape index (κ3) is 5.11. The number of piperidine rings is 1. The van der Waals surface area contributed by atoms with Gasteiger partial charge in [-0.15, -0.1) is 0 Å². The number of amides is 1. The third-order valence-electron chi connectivity index (χ3n) is 5.24. The van der Waals surface area contributed by atoms with Gasteiger partial charge >= 0.3 is 6.09 Å². The molecule has 2 aliphatic heterocycles. The van der Waals surface area contributed by atoms with Gasteiger partial charge in [-0.2, -0.15) is 0 Å². The maximum Gasteiger partial charge on any atom is 0.409 e. The van der Waals surface area contributed by atoms with Crippen molar-refractivity contribution in [1.82, 2.24) is 14.7 Å². The van der Waals surface area contributed by atoms with Crippen LogP contribution in [0.2, 0.25) is 0 Å². The molecule has 1 aromatic heterocycles. The van der Waals surface area contributed by atoms with Crippen molar-refractivity contribution in [2.75, 3.05) is 52.4 Å². The summed E-state index contributed by atoms with van der Waals surface area (Å²) in [5.41, 5.74) is 1.33. The highest BCUT2D eigenvalue weighted by atomic mass is 16.6. The summed E-state index contributed by atoms with van der Waals surface area (Å²) in [5.74, 6) is 0.922. The Labute approximate surface area is 156 Å². The Hall–Kier alpha value is -1.79. The van der Waals surface area contributed by atoms with E-state index in [0.717, 1.165) is 51.6 Å². The van der Waals surface area contributed by atoms with Crippen LogP contribution in [0.4, 0.5) is 4.79 Å². The number of likely N-dealkylation sites (tertiary alicyclic amines) is 1. The molecule has 26 heavy (non-hydrogen) atoms. The van der Waals surface area contributed by atoms with Crippen LogP contribution in [-0.4, -0.2) is 79.3 Å². The van der Waals surface area contributed by atoms with Crippen LogP contribution in [0, 0.1) is 0 Å². The van der Waals surface area contributed by atoms with E-state index in [1.807, 2.05) is 24.0 Å². The van der Waals surface area contributed by atoms with Crippen LogP contribution in [0.3, 0.4) is 0 Å². The molecule has 0 saturated carbocycles. The van der Waals surface area contributed by atoms with E-state index in [0.29, 0.717) is 12.6 Å². The molecule has 144 valence electrons. The van der Waals surface area contributed by atoms with Gasteiger partial charge in [-0.1, -0.05) is 5.57 Å². The number of ether oxygens (including phenoxy) is 1. The molecule has 2 fully saturated rings. The lowest BCUT2D eigenvalue weighted by Gasteiger charge is -2.43. The normalized spacial score (nSPS) is 23.2. The standard InChI is InChI=1S/C20H31N3O3/c1-3-25-20(24)23-11-9-22(10-12-23)18-6-4-8-21(16-18)15-17(2)14-19-7-5-13-26-19/h5,7,13-14,18H,3-4,6,8-12,15-16H2,1-2H3/b17-14+/t18-/m0/s1. The van der Waals surface area contributed by atoms with Crippen molar-refractivity contribution >= 4 is 12.2 Å². The molecule has 1 atom stereocenters. The summed E-state index contributed by atoms with van der Waals surface area (Å²) >= 11 is 0. The van der Waals surface area contributed by atoms with E-state index in [-0.39, 0.29) is 6.09 Å². The Balaban J connectivity index is 1.47. The van der Waals surface area contributed by atoms with Gasteiger partial charge in [0.25, 0.3) is 0 Å². The van der Waals surface area contributed by atoms with Gasteiger partial charge in [-0.3, -0.25) is 9.80 Å². The zero-order valence-electron chi connectivity index (χ0n) is 16.0. The molecule has 0 aliphatic carbocycles. The summed E-state index contributed by atoms with van der Waals surface area (Å²) in [7, 11) is 0. The molecule has 1 amide bonds. The fourth-order valence-corrected chi connectivity index (χ4v) is 3.97. The summed E-state index contributed by atoms with van der Waals surface area (Å²) in [6.07, 6.45) is 6.15. The van der Waals surface area contributed by atoms with E-state index in [1.165, 1.54) is 18.4 Å². The Morgan fingerprint density at radius 2 is 2.12 bits per heavy atom. The van der Waals surface area contributed by atoms with Crippen molar-refractivity contribution in [3.63, 3.8) is 0 Å². The lowest BCUT2D eigenvalue weighted by atomic mass is 10.0. The molecule has 6 heteroatoms. The molecule has 1 aromatic rings. The van der Waals surface area contributed by atoms with Crippen LogP contribution in [0.15, 0.2) is 28.4 Å². The molecular weight excluding hydrogens is 330 g/mol. The number of carbonyl (C=O) groups is 1. The number of hydrogen-bond donors (Lipinski definition) is 0. The number of rotatable bonds is 5. The highest BCUT2D eigenvalue weighted by molar-refractivity contribution is 5.67. The number of carbonyl (C=O) groups excluding carboxylic acids is 1. The minimum absolute atomic E-state index is 0.170. The summed E-state index contributed by atoms with van der Waals surface area (Å²) < 4.78 is 10.5. The van der Waals surface area contributed by atoms with Crippen molar-refractivity contribution in [3.8, 4) is 0 Å². The Morgan fingerprint density at radius 1 is 1.31 bits per heavy atom. The average Bonchev–Trinajstić information content (AvgIpc) is 3.15. The van der Waals surface area contributed by atoms with Crippen LogP contribution in [0.25, 0.3) is 6.08 Å². The van der Waals surface area contributed by atoms with Gasteiger partial charge in [0, 0.05) is 45.3 Å². The third-order valence-corrected chi connectivity index (χ3v) is 5.24. The van der Waals surface area contributed by atoms with E-state index in [4.69, 9.17) is 9.15 Å². The predicted octanol–water partition coefficient (Wildman–Crippen LogP) is 2.92. The molecule has 0 bridgehead atoms. The molecule has 0 radical (unpaired) electrons. The Morgan fingerprint density at radius 3 is 2.81 bits per heavy atom. The quantitative estimate of drug-likeness (QED) is 0.807. The number of hydrogen-bond acceptors (Lipinski definition) is 5. The fourth-order valence-electron chi connectivity index (χ4n) is 3.97. The molecule has 3 heterocycles. The Kier molecular flexibility index (Phi) is 6.74. The van der Waals surface area contributed by atoms with E-state index < -0.39 is 0 Å². The Bertz CT molecular complexity index is 591. The largest absolute Gasteiger partial charge is 0.465 e. The number of furan rings is 1. The van der Waals surface area contributed by atoms with Crippen LogP contribution < -0.4 is 0 Å². The number of piperazine rings is 1. The second-order valence-electron chi connectivity index (χ2n) is 7.26. The molecule has 6 nitrogen and oxygen atoms in total. The summed E-state index contributed by atoms with van der Waals surface area (Å²) in [6.45, 7) is 11.1. The molecule has 0 spiro atoms. The maximum absolute atomic E-state index is 11.8. The lowest BCUT2D eigenvalue weighted by Crippen LogP contribution is -2.56. The van der Waals surface area contributed by atoms with Gasteiger partial charge in [0.15, 0.2) is 0 Å². The molecule has 3 rings (SSSR count). The minimum atomic E-state index is -0.170. The van der Waals surface area contributed by atoms with Crippen LogP contribution in [0.1, 0.15) is 32.4 Å². The van der Waals surface area contributed by atoms with E-state index in [9.17, 15) is 4.79 Å². The van der Waals surface area contributed by atoms with Crippen molar-refractivity contribution in [2.45, 2.75) is 32.7 Å². The summed E-state index contributed by atoms with van der Waals surface area (Å²) in [4.78, 5) is 18.8. The van der Waals surface area contributed by atoms with E-state index in [2.05, 4.69) is 22.8 Å². The molecular formula is C20H31N3O3. The van der Waals surface area contributed by atoms with Crippen molar-refractivity contribution in [1.29, 1.82) is 0 Å². The predicted molar refractivity (Wildman–Crippen MR) is 102 cm³/mol. The first-order valence-electron chi connectivity index (χ1n) is 9.74. The van der Waals surface area contributed by atoms with Gasteiger partial charge < -0.3 is 14.1 Å². The first-order chi connectivity index (χ1) is 12.7. The smallest absolute Gasteiger partial charge is 0.409 e. The molecule has 0 N–H and O–H groups in total.